The number of anilines is 2. The summed E-state index contributed by atoms with van der Waals surface area (Å²) in [4.78, 5) is 11.9. The van der Waals surface area contributed by atoms with Gasteiger partial charge in [0.1, 0.15) is 5.75 Å². The molecule has 2 heterocycles. The Balaban J connectivity index is 2.39. The van der Waals surface area contributed by atoms with Crippen molar-refractivity contribution >= 4 is 24.4 Å². The molecule has 6 nitrogen and oxygen atoms in total. The van der Waals surface area contributed by atoms with Gasteiger partial charge in [-0.05, 0) is 5.92 Å². The van der Waals surface area contributed by atoms with Crippen LogP contribution in [0.4, 0.5) is 11.8 Å². The molecule has 0 aliphatic carbocycles. The molecule has 0 unspecified atom stereocenters. The van der Waals surface area contributed by atoms with Crippen LogP contribution < -0.4 is 16.2 Å². The fourth-order valence-electron chi connectivity index (χ4n) is 1.55. The van der Waals surface area contributed by atoms with Crippen molar-refractivity contribution in [1.82, 2.24) is 15.0 Å². The maximum absolute atomic E-state index is 5.74. The molecule has 7 heteroatoms. The Labute approximate surface area is 116 Å². The summed E-state index contributed by atoms with van der Waals surface area (Å²) in [6.45, 7) is 4.09. The first kappa shape index (κ1) is 13.4. The van der Waals surface area contributed by atoms with Gasteiger partial charge in [0.05, 0.1) is 11.2 Å². The second-order valence-electron chi connectivity index (χ2n) is 4.31. The van der Waals surface area contributed by atoms with Crippen molar-refractivity contribution < 1.29 is 4.74 Å². The number of nitrogens with two attached hydrogens (primary N) is 2. The molecule has 4 N–H and O–H groups in total. The fraction of sp³-hybridized carbons (Fsp3) is 0.250. The van der Waals surface area contributed by atoms with Gasteiger partial charge in [0, 0.05) is 17.8 Å². The summed E-state index contributed by atoms with van der Waals surface area (Å²) >= 11 is 4.20. The molecule has 0 saturated carbocycles. The number of aromatic nitrogens is 3. The lowest BCUT2D eigenvalue weighted by Gasteiger charge is -2.14. The minimum atomic E-state index is 0.110. The van der Waals surface area contributed by atoms with Crippen LogP contribution in [0.2, 0.25) is 0 Å². The zero-order chi connectivity index (χ0) is 14.0. The number of hydrogen-bond donors (Lipinski definition) is 3. The molecule has 0 spiro atoms. The largest absolute Gasteiger partial charge is 0.451 e. The molecule has 0 radical (unpaired) electrons. The van der Waals surface area contributed by atoms with E-state index in [1.807, 2.05) is 13.8 Å². The Morgan fingerprint density at radius 1 is 1.16 bits per heavy atom. The normalized spacial score (nSPS) is 10.7. The average molecular weight is 277 g/mol. The molecule has 0 aromatic carbocycles. The molecular formula is C12H15N5OS. The van der Waals surface area contributed by atoms with Crippen molar-refractivity contribution in [2.75, 3.05) is 11.5 Å². The molecule has 0 amide bonds. The molecule has 0 atom stereocenters. The molecule has 0 bridgehead atoms. The number of nitrogens with zero attached hydrogens (tertiary/aromatic N) is 3. The van der Waals surface area contributed by atoms with Crippen molar-refractivity contribution in [3.05, 3.63) is 24.0 Å². The van der Waals surface area contributed by atoms with Crippen LogP contribution in [0.3, 0.4) is 0 Å². The highest BCUT2D eigenvalue weighted by molar-refractivity contribution is 7.80. The van der Waals surface area contributed by atoms with E-state index in [9.17, 15) is 0 Å². The lowest BCUT2D eigenvalue weighted by atomic mass is 10.1. The summed E-state index contributed by atoms with van der Waals surface area (Å²) in [6.07, 6.45) is 3.18. The van der Waals surface area contributed by atoms with Crippen LogP contribution >= 0.6 is 12.6 Å². The smallest absolute Gasteiger partial charge is 0.222 e. The van der Waals surface area contributed by atoms with Crippen LogP contribution in [0.25, 0.3) is 0 Å². The lowest BCUT2D eigenvalue weighted by Crippen LogP contribution is -2.03. The molecule has 0 aliphatic rings. The van der Waals surface area contributed by atoms with Gasteiger partial charge in [0.25, 0.3) is 0 Å². The van der Waals surface area contributed by atoms with E-state index in [0.717, 1.165) is 5.56 Å². The van der Waals surface area contributed by atoms with E-state index in [2.05, 4.69) is 27.6 Å². The third-order valence-electron chi connectivity index (χ3n) is 2.52. The quantitative estimate of drug-likeness (QED) is 0.744. The van der Waals surface area contributed by atoms with Gasteiger partial charge in [-0.1, -0.05) is 13.8 Å². The van der Waals surface area contributed by atoms with Gasteiger partial charge < -0.3 is 16.2 Å². The van der Waals surface area contributed by atoms with Gasteiger partial charge in [-0.15, -0.1) is 12.6 Å². The van der Waals surface area contributed by atoms with E-state index < -0.39 is 0 Å². The first-order valence-corrected chi connectivity index (χ1v) is 6.17. The van der Waals surface area contributed by atoms with Crippen molar-refractivity contribution in [3.8, 4) is 11.5 Å². The van der Waals surface area contributed by atoms with Gasteiger partial charge >= 0.3 is 0 Å². The molecule has 2 aromatic rings. The Kier molecular flexibility index (Phi) is 3.75. The summed E-state index contributed by atoms with van der Waals surface area (Å²) in [7, 11) is 0. The van der Waals surface area contributed by atoms with Crippen LogP contribution in [-0.4, -0.2) is 15.0 Å². The maximum Gasteiger partial charge on any atom is 0.222 e. The molecule has 19 heavy (non-hydrogen) atoms. The first-order valence-electron chi connectivity index (χ1n) is 5.72. The third-order valence-corrected chi connectivity index (χ3v) is 2.77. The Morgan fingerprint density at radius 3 is 2.53 bits per heavy atom. The highest BCUT2D eigenvalue weighted by Gasteiger charge is 2.12. The van der Waals surface area contributed by atoms with Crippen LogP contribution in [-0.2, 0) is 0 Å². The minimum absolute atomic E-state index is 0.110. The van der Waals surface area contributed by atoms with Crippen LogP contribution in [0, 0.1) is 0 Å². The molecule has 100 valence electrons. The van der Waals surface area contributed by atoms with Gasteiger partial charge in [0.2, 0.25) is 5.95 Å². The molecule has 2 rings (SSSR count). The van der Waals surface area contributed by atoms with Crippen molar-refractivity contribution in [1.29, 1.82) is 0 Å². The zero-order valence-electron chi connectivity index (χ0n) is 10.7. The first-order chi connectivity index (χ1) is 8.97. The number of nitrogen functional groups attached to an aromatic ring is 2. The van der Waals surface area contributed by atoms with Gasteiger partial charge in [-0.3, -0.25) is 0 Å². The SMILES string of the molecule is CC(C)c1cnc(S)cc1Oc1cnc(N)nc1N. The second-order valence-corrected chi connectivity index (χ2v) is 4.77. The van der Waals surface area contributed by atoms with E-state index in [1.165, 1.54) is 6.20 Å². The molecule has 0 fully saturated rings. The zero-order valence-corrected chi connectivity index (χ0v) is 11.6. The maximum atomic E-state index is 5.74. The highest BCUT2D eigenvalue weighted by atomic mass is 32.1. The molecule has 2 aromatic heterocycles. The molecular weight excluding hydrogens is 262 g/mol. The summed E-state index contributed by atoms with van der Waals surface area (Å²) in [5.41, 5.74) is 12.1. The average Bonchev–Trinajstić information content (AvgIpc) is 2.32. The van der Waals surface area contributed by atoms with E-state index in [4.69, 9.17) is 16.2 Å². The van der Waals surface area contributed by atoms with E-state index in [0.29, 0.717) is 16.5 Å². The summed E-state index contributed by atoms with van der Waals surface area (Å²) in [5, 5.41) is 0.564. The fourth-order valence-corrected chi connectivity index (χ4v) is 1.73. The van der Waals surface area contributed by atoms with Gasteiger partial charge in [-0.2, -0.15) is 4.98 Å². The summed E-state index contributed by atoms with van der Waals surface area (Å²) in [6, 6.07) is 1.73. The number of hydrogen-bond acceptors (Lipinski definition) is 7. The topological polar surface area (TPSA) is 99.9 Å². The predicted molar refractivity (Wildman–Crippen MR) is 76.5 cm³/mol. The van der Waals surface area contributed by atoms with Crippen LogP contribution in [0.1, 0.15) is 25.3 Å². The van der Waals surface area contributed by atoms with Gasteiger partial charge in [-0.25, -0.2) is 9.97 Å². The van der Waals surface area contributed by atoms with Crippen LogP contribution in [0.5, 0.6) is 11.5 Å². The highest BCUT2D eigenvalue weighted by Crippen LogP contribution is 2.32. The Morgan fingerprint density at radius 2 is 1.89 bits per heavy atom. The number of ether oxygens (including phenoxy) is 1. The predicted octanol–water partition coefficient (Wildman–Crippen LogP) is 2.24. The minimum Gasteiger partial charge on any atom is -0.451 e. The number of rotatable bonds is 3. The third kappa shape index (κ3) is 3.05. The number of pyridine rings is 1. The number of thiol groups is 1. The van der Waals surface area contributed by atoms with Crippen LogP contribution in [0.15, 0.2) is 23.5 Å². The van der Waals surface area contributed by atoms with E-state index >= 15 is 0 Å². The lowest BCUT2D eigenvalue weighted by molar-refractivity contribution is 0.468. The second kappa shape index (κ2) is 5.31. The Hall–Kier alpha value is -2.02. The molecule has 0 aliphatic heterocycles. The summed E-state index contributed by atoms with van der Waals surface area (Å²) < 4.78 is 5.74. The van der Waals surface area contributed by atoms with Crippen molar-refractivity contribution in [2.45, 2.75) is 24.8 Å². The monoisotopic (exact) mass is 277 g/mol. The van der Waals surface area contributed by atoms with Crippen molar-refractivity contribution in [3.63, 3.8) is 0 Å². The standard InChI is InChI=1S/C12H15N5OS/c1-6(2)7-4-15-10(19)3-8(7)18-9-5-16-12(14)17-11(9)13/h3-6H,1-2H3,(H,15,19)(H4,13,14,16,17). The van der Waals surface area contributed by atoms with Gasteiger partial charge in [0.15, 0.2) is 11.6 Å². The van der Waals surface area contributed by atoms with Crippen molar-refractivity contribution in [2.24, 2.45) is 0 Å². The van der Waals surface area contributed by atoms with E-state index in [1.54, 1.807) is 12.3 Å². The van der Waals surface area contributed by atoms with E-state index in [-0.39, 0.29) is 17.7 Å². The summed E-state index contributed by atoms with van der Waals surface area (Å²) in [5.74, 6) is 1.55. The Bertz CT molecular complexity index is 603. The molecule has 0 saturated heterocycles.